The molecule has 5 fully saturated rings. The van der Waals surface area contributed by atoms with Gasteiger partial charge < -0.3 is 50.0 Å². The van der Waals surface area contributed by atoms with Crippen LogP contribution in [-0.4, -0.2) is 110 Å². The summed E-state index contributed by atoms with van der Waals surface area (Å²) in [6.45, 7) is 10.2. The van der Waals surface area contributed by atoms with Crippen LogP contribution in [0.25, 0.3) is 0 Å². The van der Waals surface area contributed by atoms with Crippen molar-refractivity contribution >= 4 is 0 Å². The molecule has 10 nitrogen and oxygen atoms in total. The Balaban J connectivity index is 1.36. The standard InChI is InChI=1S/C33H56O10/c1-16(2)19(34)8-7-17(3)18-13-20(35)29-31(18,4)12-10-24-32(5)11-9-23(27(39)25(32)21(36)14-33(24,29)40)43-30-28(41-6)26(38)22(37)15-42-30/h7-8,16-30,34-40H,9-15H2,1-6H3/b8-7+/t17-,18-,19+,20+,21-,22-,23+,24-,25+,26+,27+,28-,29-,30+,31-,32-,33+/m1/s1. The fourth-order valence-electron chi connectivity index (χ4n) is 10.5. The van der Waals surface area contributed by atoms with Crippen LogP contribution in [0.1, 0.15) is 73.1 Å². The van der Waals surface area contributed by atoms with Gasteiger partial charge in [0, 0.05) is 25.4 Å². The van der Waals surface area contributed by atoms with Crippen LogP contribution >= 0.6 is 0 Å². The average Bonchev–Trinajstić information content (AvgIpc) is 3.21. The van der Waals surface area contributed by atoms with Gasteiger partial charge >= 0.3 is 0 Å². The van der Waals surface area contributed by atoms with E-state index in [2.05, 4.69) is 26.8 Å². The number of rotatable bonds is 7. The lowest BCUT2D eigenvalue weighted by atomic mass is 9.41. The Morgan fingerprint density at radius 1 is 0.884 bits per heavy atom. The van der Waals surface area contributed by atoms with Crippen molar-refractivity contribution in [2.75, 3.05) is 13.7 Å². The zero-order chi connectivity index (χ0) is 31.6. The highest BCUT2D eigenvalue weighted by atomic mass is 16.7. The second kappa shape index (κ2) is 12.2. The van der Waals surface area contributed by atoms with Gasteiger partial charge in [0.05, 0.1) is 42.7 Å². The van der Waals surface area contributed by atoms with E-state index in [1.54, 1.807) is 0 Å². The Kier molecular flexibility index (Phi) is 9.54. The number of hydrogen-bond donors (Lipinski definition) is 7. The summed E-state index contributed by atoms with van der Waals surface area (Å²) in [4.78, 5) is 0. The molecule has 10 heteroatoms. The maximum absolute atomic E-state index is 12.6. The van der Waals surface area contributed by atoms with E-state index in [0.717, 1.165) is 12.8 Å². The second-order valence-corrected chi connectivity index (χ2v) is 15.4. The Morgan fingerprint density at radius 2 is 1.56 bits per heavy atom. The van der Waals surface area contributed by atoms with Crippen molar-refractivity contribution in [3.63, 3.8) is 0 Å². The molecule has 0 bridgehead atoms. The van der Waals surface area contributed by atoms with E-state index in [1.807, 2.05) is 19.9 Å². The summed E-state index contributed by atoms with van der Waals surface area (Å²) in [5.41, 5.74) is -2.24. The molecule has 0 amide bonds. The number of aliphatic hydroxyl groups excluding tert-OH is 6. The zero-order valence-electron chi connectivity index (χ0n) is 26.6. The summed E-state index contributed by atoms with van der Waals surface area (Å²) >= 11 is 0. The number of ether oxygens (including phenoxy) is 3. The highest BCUT2D eigenvalue weighted by Crippen LogP contribution is 2.69. The van der Waals surface area contributed by atoms with Gasteiger partial charge in [-0.3, -0.25) is 0 Å². The van der Waals surface area contributed by atoms with Gasteiger partial charge in [0.25, 0.3) is 0 Å². The van der Waals surface area contributed by atoms with Gasteiger partial charge in [-0.25, -0.2) is 0 Å². The molecule has 1 heterocycles. The lowest BCUT2D eigenvalue weighted by Crippen LogP contribution is -2.71. The Bertz CT molecular complexity index is 1010. The minimum atomic E-state index is -1.30. The summed E-state index contributed by atoms with van der Waals surface area (Å²) in [6.07, 6.45) is -1.10. The van der Waals surface area contributed by atoms with Crippen LogP contribution in [0.4, 0.5) is 0 Å². The van der Waals surface area contributed by atoms with Crippen LogP contribution < -0.4 is 0 Å². The maximum atomic E-state index is 12.6. The monoisotopic (exact) mass is 612 g/mol. The number of fused-ring (bicyclic) bond motifs is 5. The van der Waals surface area contributed by atoms with Gasteiger partial charge in [-0.15, -0.1) is 0 Å². The molecule has 1 saturated heterocycles. The summed E-state index contributed by atoms with van der Waals surface area (Å²) in [7, 11) is 1.40. The molecule has 0 spiro atoms. The van der Waals surface area contributed by atoms with Crippen molar-refractivity contribution in [3.05, 3.63) is 12.2 Å². The van der Waals surface area contributed by atoms with Crippen molar-refractivity contribution < 1.29 is 50.0 Å². The Morgan fingerprint density at radius 3 is 2.21 bits per heavy atom. The number of methoxy groups -OCH3 is 1. The third kappa shape index (κ3) is 5.45. The van der Waals surface area contributed by atoms with Crippen molar-refractivity contribution in [1.82, 2.24) is 0 Å². The molecule has 0 aromatic heterocycles. The quantitative estimate of drug-likeness (QED) is 0.165. The molecule has 0 radical (unpaired) electrons. The lowest BCUT2D eigenvalue weighted by Gasteiger charge is -2.66. The van der Waals surface area contributed by atoms with Gasteiger partial charge in [0.1, 0.15) is 18.3 Å². The van der Waals surface area contributed by atoms with E-state index >= 15 is 0 Å². The molecule has 5 rings (SSSR count). The van der Waals surface area contributed by atoms with Crippen molar-refractivity contribution in [2.45, 2.75) is 134 Å². The van der Waals surface area contributed by atoms with Crippen LogP contribution in [0.3, 0.4) is 0 Å². The minimum Gasteiger partial charge on any atom is -0.393 e. The molecule has 0 aromatic carbocycles. The molecule has 17 atom stereocenters. The molecule has 7 N–H and O–H groups in total. The zero-order valence-corrected chi connectivity index (χ0v) is 26.6. The van der Waals surface area contributed by atoms with Gasteiger partial charge in [0.15, 0.2) is 6.29 Å². The molecule has 43 heavy (non-hydrogen) atoms. The lowest BCUT2D eigenvalue weighted by molar-refractivity contribution is -0.320. The molecule has 4 aliphatic carbocycles. The predicted molar refractivity (Wildman–Crippen MR) is 157 cm³/mol. The summed E-state index contributed by atoms with van der Waals surface area (Å²) < 4.78 is 17.1. The molecule has 0 aromatic rings. The van der Waals surface area contributed by atoms with Gasteiger partial charge in [-0.05, 0) is 66.6 Å². The Labute approximate surface area is 256 Å². The molecule has 5 aliphatic rings. The number of aliphatic hydroxyl groups is 7. The first-order chi connectivity index (χ1) is 20.1. The topological polar surface area (TPSA) is 169 Å². The van der Waals surface area contributed by atoms with Crippen LogP contribution in [0.5, 0.6) is 0 Å². The fraction of sp³-hybridized carbons (Fsp3) is 0.939. The molecule has 1 aliphatic heterocycles. The second-order valence-electron chi connectivity index (χ2n) is 15.4. The van der Waals surface area contributed by atoms with Crippen LogP contribution in [-0.2, 0) is 14.2 Å². The van der Waals surface area contributed by atoms with Crippen molar-refractivity contribution in [1.29, 1.82) is 0 Å². The SMILES string of the molecule is CO[C@H]1[C@H](O[C@H]2CC[C@@]3(C)[C@H]([C@H]2O)[C@H](O)C[C@]2(O)[C@@H]3CC[C@]3(C)[C@@H]([C@H](C)/C=C/[C@H](O)C(C)C)C[C@H](O)[C@H]32)OC[C@@H](O)[C@@H]1O. The highest BCUT2D eigenvalue weighted by molar-refractivity contribution is 5.21. The largest absolute Gasteiger partial charge is 0.393 e. The summed E-state index contributed by atoms with van der Waals surface area (Å²) in [5, 5.41) is 78.2. The third-order valence-electron chi connectivity index (χ3n) is 12.7. The summed E-state index contributed by atoms with van der Waals surface area (Å²) in [5.74, 6) is -0.875. The van der Waals surface area contributed by atoms with Gasteiger partial charge in [-0.2, -0.15) is 0 Å². The van der Waals surface area contributed by atoms with Crippen LogP contribution in [0.2, 0.25) is 0 Å². The van der Waals surface area contributed by atoms with Crippen LogP contribution in [0.15, 0.2) is 12.2 Å². The van der Waals surface area contributed by atoms with Crippen molar-refractivity contribution in [3.8, 4) is 0 Å². The number of hydrogen-bond acceptors (Lipinski definition) is 10. The fourth-order valence-corrected chi connectivity index (χ4v) is 10.5. The Hall–Kier alpha value is -0.660. The maximum Gasteiger partial charge on any atom is 0.186 e. The van der Waals surface area contributed by atoms with E-state index in [4.69, 9.17) is 14.2 Å². The predicted octanol–water partition coefficient (Wildman–Crippen LogP) is 1.36. The minimum absolute atomic E-state index is 0.0631. The summed E-state index contributed by atoms with van der Waals surface area (Å²) in [6, 6.07) is 0. The van der Waals surface area contributed by atoms with E-state index < -0.39 is 78.0 Å². The number of allylic oxidation sites excluding steroid dienone is 1. The third-order valence-corrected chi connectivity index (χ3v) is 12.7. The van der Waals surface area contributed by atoms with E-state index in [1.165, 1.54) is 7.11 Å². The first kappa shape index (κ1) is 33.7. The van der Waals surface area contributed by atoms with Gasteiger partial charge in [-0.1, -0.05) is 46.8 Å². The van der Waals surface area contributed by atoms with E-state index in [9.17, 15) is 35.7 Å². The average molecular weight is 613 g/mol. The van der Waals surface area contributed by atoms with Crippen molar-refractivity contribution in [2.24, 2.45) is 46.3 Å². The molecular formula is C33H56O10. The first-order valence-electron chi connectivity index (χ1n) is 16.4. The normalized spacial score (nSPS) is 53.3. The van der Waals surface area contributed by atoms with Crippen LogP contribution in [0, 0.1) is 46.3 Å². The van der Waals surface area contributed by atoms with E-state index in [-0.39, 0.29) is 42.1 Å². The molecule has 4 saturated carbocycles. The highest BCUT2D eigenvalue weighted by Gasteiger charge is 2.72. The first-order valence-corrected chi connectivity index (χ1v) is 16.4. The van der Waals surface area contributed by atoms with E-state index in [0.29, 0.717) is 19.3 Å². The molecular weight excluding hydrogens is 556 g/mol. The smallest absolute Gasteiger partial charge is 0.186 e. The van der Waals surface area contributed by atoms with Gasteiger partial charge in [0.2, 0.25) is 0 Å². The molecule has 248 valence electrons. The molecule has 0 unspecified atom stereocenters.